The van der Waals surface area contributed by atoms with Crippen LogP contribution in [-0.4, -0.2) is 11.2 Å². The summed E-state index contributed by atoms with van der Waals surface area (Å²) in [7, 11) is 0. The monoisotopic (exact) mass is 355 g/mol. The van der Waals surface area contributed by atoms with Crippen LogP contribution in [0.25, 0.3) is 0 Å². The average molecular weight is 353 g/mol. The van der Waals surface area contributed by atoms with Gasteiger partial charge >= 0.3 is 0 Å². The summed E-state index contributed by atoms with van der Waals surface area (Å²) < 4.78 is 0. The van der Waals surface area contributed by atoms with E-state index in [2.05, 4.69) is 0 Å². The topological polar surface area (TPSA) is 20.2 Å². The van der Waals surface area contributed by atoms with E-state index in [4.69, 9.17) is 5.11 Å². The van der Waals surface area contributed by atoms with Crippen LogP contribution in [0, 0.1) is 0 Å². The molecule has 1 N–H and O–H groups in total. The number of hydrogen-bond donors (Lipinski definition) is 1. The maximum atomic E-state index is 8.06. The molecule has 0 unspecified atom stereocenters. The van der Waals surface area contributed by atoms with Gasteiger partial charge in [-0.25, -0.2) is 0 Å². The summed E-state index contributed by atoms with van der Waals surface area (Å²) in [5.41, 5.74) is 0. The van der Waals surface area contributed by atoms with Crippen molar-refractivity contribution in [1.82, 2.24) is 0 Å². The van der Waals surface area contributed by atoms with Crippen LogP contribution in [-0.2, 0) is 39.6 Å². The summed E-state index contributed by atoms with van der Waals surface area (Å²) in [4.78, 5) is 0. The number of hydrogen-bond acceptors (Lipinski definition) is 1. The quantitative estimate of drug-likeness (QED) is 0.625. The molecule has 0 spiro atoms. The van der Waals surface area contributed by atoms with Gasteiger partial charge in [0.25, 0.3) is 0 Å². The Morgan fingerprint density at radius 2 is 1.33 bits per heavy atom. The molecule has 0 aromatic rings. The first-order chi connectivity index (χ1) is 1.73. The Morgan fingerprint density at radius 3 is 1.33 bits per heavy atom. The molecule has 0 rings (SSSR count). The zero-order valence-corrected chi connectivity index (χ0v) is 7.84. The van der Waals surface area contributed by atoms with E-state index in [1.165, 1.54) is 0 Å². The fourth-order valence-corrected chi connectivity index (χ4v) is 0. The van der Waals surface area contributed by atoms with Crippen molar-refractivity contribution in [3.05, 3.63) is 0 Å². The Hall–Kier alpha value is 1.23. The first kappa shape index (κ1) is 15.7. The third-order valence-electron chi connectivity index (χ3n) is 0. The fraction of sp³-hybridized carbons (Fsp3) is 1.00. The summed E-state index contributed by atoms with van der Waals surface area (Å²) in [6.07, 6.45) is -0.167. The van der Waals surface area contributed by atoms with E-state index in [1.54, 1.807) is 13.8 Å². The standard InChI is InChI=1S/C3H8O.Ir.Ru/c1-3(2)4;;/h3-4H,1-2H3;;. The van der Waals surface area contributed by atoms with E-state index in [9.17, 15) is 0 Å². The van der Waals surface area contributed by atoms with Gasteiger partial charge in [0, 0.05) is 45.7 Å². The van der Waals surface area contributed by atoms with Crippen LogP contribution in [0.2, 0.25) is 0 Å². The molecule has 0 aliphatic carbocycles. The molecule has 0 amide bonds. The van der Waals surface area contributed by atoms with Crippen LogP contribution >= 0.6 is 0 Å². The Morgan fingerprint density at radius 1 is 1.33 bits per heavy atom. The predicted octanol–water partition coefficient (Wildman–Crippen LogP) is 0.382. The first-order valence-corrected chi connectivity index (χ1v) is 1.41. The molecule has 0 atom stereocenters. The molecule has 0 aliphatic heterocycles. The zero-order valence-electron chi connectivity index (χ0n) is 3.71. The van der Waals surface area contributed by atoms with E-state index >= 15 is 0 Å². The van der Waals surface area contributed by atoms with E-state index < -0.39 is 0 Å². The molecule has 3 heteroatoms. The number of rotatable bonds is 0. The summed E-state index contributed by atoms with van der Waals surface area (Å²) in [6, 6.07) is 0. The Kier molecular flexibility index (Phi) is 24.9. The Balaban J connectivity index is -0.0000000450. The maximum Gasteiger partial charge on any atom is 0.0483 e. The van der Waals surface area contributed by atoms with Gasteiger partial charge in [-0.05, 0) is 13.8 Å². The summed E-state index contributed by atoms with van der Waals surface area (Å²) >= 11 is 0. The molecule has 1 nitrogen and oxygen atoms in total. The van der Waals surface area contributed by atoms with E-state index in [-0.39, 0.29) is 45.7 Å². The molecular weight excluding hydrogens is 345 g/mol. The van der Waals surface area contributed by atoms with Crippen molar-refractivity contribution >= 4 is 0 Å². The molecule has 43 valence electrons. The second kappa shape index (κ2) is 9.53. The van der Waals surface area contributed by atoms with E-state index in [1.807, 2.05) is 0 Å². The molecule has 0 aromatic carbocycles. The van der Waals surface area contributed by atoms with Crippen molar-refractivity contribution in [2.75, 3.05) is 0 Å². The maximum absolute atomic E-state index is 8.06. The zero-order chi connectivity index (χ0) is 3.58. The van der Waals surface area contributed by atoms with Crippen LogP contribution in [0.3, 0.4) is 0 Å². The second-order valence-corrected chi connectivity index (χ2v) is 1.09. The van der Waals surface area contributed by atoms with Crippen LogP contribution in [0.1, 0.15) is 13.8 Å². The van der Waals surface area contributed by atoms with Gasteiger partial charge in [-0.15, -0.1) is 0 Å². The molecular formula is C3H8IrORu. The van der Waals surface area contributed by atoms with Crippen LogP contribution < -0.4 is 0 Å². The summed E-state index contributed by atoms with van der Waals surface area (Å²) in [5.74, 6) is 0. The van der Waals surface area contributed by atoms with Crippen LogP contribution in [0.5, 0.6) is 0 Å². The Labute approximate surface area is 64.6 Å². The predicted molar refractivity (Wildman–Crippen MR) is 17.4 cm³/mol. The van der Waals surface area contributed by atoms with Crippen molar-refractivity contribution in [3.8, 4) is 0 Å². The molecule has 0 aliphatic rings. The molecule has 0 saturated heterocycles. The van der Waals surface area contributed by atoms with Crippen LogP contribution in [0.4, 0.5) is 0 Å². The van der Waals surface area contributed by atoms with Crippen molar-refractivity contribution in [2.45, 2.75) is 20.0 Å². The van der Waals surface area contributed by atoms with E-state index in [0.717, 1.165) is 0 Å². The summed E-state index contributed by atoms with van der Waals surface area (Å²) in [6.45, 7) is 3.44. The molecule has 0 saturated carbocycles. The van der Waals surface area contributed by atoms with Crippen molar-refractivity contribution < 1.29 is 44.7 Å². The third kappa shape index (κ3) is 61.7. The molecule has 0 bridgehead atoms. The third-order valence-corrected chi connectivity index (χ3v) is 0. The minimum atomic E-state index is -0.167. The number of aliphatic hydroxyl groups is 1. The summed E-state index contributed by atoms with van der Waals surface area (Å²) in [5, 5.41) is 8.06. The Bertz CT molecular complexity index is 15.5. The fourth-order valence-electron chi connectivity index (χ4n) is 0. The molecule has 0 heterocycles. The molecule has 6 heavy (non-hydrogen) atoms. The minimum absolute atomic E-state index is 0. The molecule has 0 aromatic heterocycles. The van der Waals surface area contributed by atoms with Gasteiger partial charge in [0.1, 0.15) is 0 Å². The van der Waals surface area contributed by atoms with Crippen molar-refractivity contribution in [3.63, 3.8) is 0 Å². The second-order valence-electron chi connectivity index (χ2n) is 1.09. The van der Waals surface area contributed by atoms with Gasteiger partial charge in [0.05, 0.1) is 0 Å². The van der Waals surface area contributed by atoms with E-state index in [0.29, 0.717) is 0 Å². The van der Waals surface area contributed by atoms with Gasteiger partial charge in [0.2, 0.25) is 0 Å². The van der Waals surface area contributed by atoms with Gasteiger partial charge in [-0.2, -0.15) is 0 Å². The molecule has 1 radical (unpaired) electrons. The minimum Gasteiger partial charge on any atom is -0.394 e. The van der Waals surface area contributed by atoms with Crippen molar-refractivity contribution in [2.24, 2.45) is 0 Å². The van der Waals surface area contributed by atoms with Gasteiger partial charge in [-0.3, -0.25) is 0 Å². The normalized spacial score (nSPS) is 6.00. The molecule has 0 fully saturated rings. The van der Waals surface area contributed by atoms with Crippen LogP contribution in [0.15, 0.2) is 0 Å². The SMILES string of the molecule is CC(C)O.[Ir].[Ru]. The largest absolute Gasteiger partial charge is 0.394 e. The average Bonchev–Trinajstić information content (AvgIpc) is 0.811. The van der Waals surface area contributed by atoms with Gasteiger partial charge in [0.15, 0.2) is 0 Å². The van der Waals surface area contributed by atoms with Gasteiger partial charge < -0.3 is 5.11 Å². The van der Waals surface area contributed by atoms with Gasteiger partial charge in [-0.1, -0.05) is 0 Å². The first-order valence-electron chi connectivity index (χ1n) is 1.41. The van der Waals surface area contributed by atoms with Crippen molar-refractivity contribution in [1.29, 1.82) is 0 Å². The smallest absolute Gasteiger partial charge is 0.0483 e. The number of aliphatic hydroxyl groups excluding tert-OH is 1.